The van der Waals surface area contributed by atoms with Gasteiger partial charge >= 0.3 is 41.6 Å². The minimum absolute atomic E-state index is 0. The summed E-state index contributed by atoms with van der Waals surface area (Å²) in [5.41, 5.74) is 7.27. The van der Waals surface area contributed by atoms with Crippen molar-refractivity contribution in [2.45, 2.75) is 146 Å². The number of amides is 8. The SMILES string of the molecule is CCCC[C@H](NC(=O)[C@H](Cc1ccc(CS(=O)(=O)[O-])cc1)NC(=O)OC(C)(C)C)C(=O)NCC(=O)N[C@@H](Cc1c[nH]c2ccccc12)C(=O)N[C@@H](CCCC)C(=O)N[C@@H](CC(=O)O)C(=O)N[C@@H](Cc1ccccc1)C(N)=O.[Na+]. The Labute approximate surface area is 475 Å². The van der Waals surface area contributed by atoms with Crippen LogP contribution in [0.4, 0.5) is 4.79 Å². The zero-order valence-electron chi connectivity index (χ0n) is 44.8. The average Bonchev–Trinajstić information content (AvgIpc) is 3.77. The van der Waals surface area contributed by atoms with Gasteiger partial charge in [-0.3, -0.25) is 38.4 Å². The summed E-state index contributed by atoms with van der Waals surface area (Å²) in [6.45, 7) is 7.86. The first-order valence-corrected chi connectivity index (χ1v) is 26.8. The van der Waals surface area contributed by atoms with Crippen LogP contribution in [0.1, 0.15) is 102 Å². The fourth-order valence-corrected chi connectivity index (χ4v) is 8.64. The second kappa shape index (κ2) is 31.5. The van der Waals surface area contributed by atoms with E-state index >= 15 is 0 Å². The van der Waals surface area contributed by atoms with Crippen molar-refractivity contribution < 1.29 is 95.5 Å². The van der Waals surface area contributed by atoms with E-state index < -0.39 is 124 Å². The molecule has 11 N–H and O–H groups in total. The van der Waals surface area contributed by atoms with E-state index in [-0.39, 0.29) is 67.2 Å². The van der Waals surface area contributed by atoms with Crippen LogP contribution in [0.15, 0.2) is 85.1 Å². The van der Waals surface area contributed by atoms with E-state index in [0.29, 0.717) is 42.4 Å². The van der Waals surface area contributed by atoms with Crippen LogP contribution in [0.3, 0.4) is 0 Å². The summed E-state index contributed by atoms with van der Waals surface area (Å²) in [5, 5.41) is 28.3. The van der Waals surface area contributed by atoms with E-state index in [9.17, 15) is 61.2 Å². The first-order chi connectivity index (χ1) is 36.3. The molecule has 0 spiro atoms. The van der Waals surface area contributed by atoms with Gasteiger partial charge in [0, 0.05) is 36.4 Å². The number of alkyl carbamates (subject to hydrolysis) is 1. The third kappa shape index (κ3) is 23.0. The summed E-state index contributed by atoms with van der Waals surface area (Å²) in [7, 11) is -4.57. The molecule has 4 rings (SSSR count). The van der Waals surface area contributed by atoms with Crippen molar-refractivity contribution in [3.8, 4) is 0 Å². The van der Waals surface area contributed by atoms with Crippen molar-refractivity contribution in [3.63, 3.8) is 0 Å². The van der Waals surface area contributed by atoms with Crippen molar-refractivity contribution in [1.82, 2.24) is 42.2 Å². The Morgan fingerprint density at radius 2 is 1.12 bits per heavy atom. The number of benzene rings is 3. The molecule has 0 saturated heterocycles. The number of rotatable bonds is 30. The summed E-state index contributed by atoms with van der Waals surface area (Å²) in [5.74, 6) is -8.31. The monoisotopic (exact) mass is 1110 g/mol. The number of carboxylic acid groups (broad SMARTS) is 1. The molecule has 23 nitrogen and oxygen atoms in total. The maximum atomic E-state index is 14.4. The number of primary amides is 1. The number of carbonyl (C=O) groups excluding carboxylic acids is 8. The molecule has 6 atom stereocenters. The van der Waals surface area contributed by atoms with E-state index in [4.69, 9.17) is 10.5 Å². The number of para-hydroxylation sites is 1. The van der Waals surface area contributed by atoms with Crippen molar-refractivity contribution in [3.05, 3.63) is 107 Å². The van der Waals surface area contributed by atoms with Crippen LogP contribution in [0.25, 0.3) is 10.9 Å². The summed E-state index contributed by atoms with van der Waals surface area (Å²) in [6.07, 6.45) is 1.64. The molecule has 0 fully saturated rings. The number of hydrogen-bond acceptors (Lipinski definition) is 13. The zero-order chi connectivity index (χ0) is 56.9. The van der Waals surface area contributed by atoms with Gasteiger partial charge in [-0.25, -0.2) is 13.2 Å². The van der Waals surface area contributed by atoms with Crippen LogP contribution < -0.4 is 72.5 Å². The van der Waals surface area contributed by atoms with Gasteiger partial charge in [0.2, 0.25) is 41.4 Å². The first kappa shape index (κ1) is 65.4. The number of aliphatic carboxylic acids is 1. The molecule has 0 radical (unpaired) electrons. The number of ether oxygens (including phenoxy) is 1. The molecular weight excluding hydrogens is 1040 g/mol. The van der Waals surface area contributed by atoms with Crippen LogP contribution in [0.5, 0.6) is 0 Å². The molecule has 0 unspecified atom stereocenters. The molecule has 0 bridgehead atoms. The fraction of sp³-hybridized carbons (Fsp3) is 0.453. The number of nitrogens with one attached hydrogen (secondary N) is 8. The van der Waals surface area contributed by atoms with E-state index in [1.165, 1.54) is 24.3 Å². The Balaban J connectivity index is 0.0000160. The van der Waals surface area contributed by atoms with Crippen LogP contribution in [-0.4, -0.2) is 125 Å². The predicted molar refractivity (Wildman–Crippen MR) is 282 cm³/mol. The summed E-state index contributed by atoms with van der Waals surface area (Å²) < 4.78 is 39.3. The second-order valence-electron chi connectivity index (χ2n) is 19.5. The number of unbranched alkanes of at least 4 members (excludes halogenated alkanes) is 2. The number of fused-ring (bicyclic) bond motifs is 1. The third-order valence-corrected chi connectivity index (χ3v) is 12.6. The molecule has 418 valence electrons. The molecule has 0 aliphatic rings. The molecule has 0 aliphatic carbocycles. The number of carbonyl (C=O) groups is 9. The van der Waals surface area contributed by atoms with Crippen molar-refractivity contribution in [1.29, 1.82) is 0 Å². The van der Waals surface area contributed by atoms with E-state index in [1.807, 2.05) is 13.8 Å². The van der Waals surface area contributed by atoms with Gasteiger partial charge in [0.25, 0.3) is 0 Å². The summed E-state index contributed by atoms with van der Waals surface area (Å²) >= 11 is 0. The number of H-pyrrole nitrogens is 1. The predicted octanol–water partition coefficient (Wildman–Crippen LogP) is -0.981. The van der Waals surface area contributed by atoms with Gasteiger partial charge in [-0.15, -0.1) is 0 Å². The van der Waals surface area contributed by atoms with Gasteiger partial charge in [0.05, 0.1) is 28.8 Å². The number of aromatic amines is 1. The minimum atomic E-state index is -4.57. The Hall–Kier alpha value is -6.86. The minimum Gasteiger partial charge on any atom is -0.748 e. The average molecular weight is 1110 g/mol. The van der Waals surface area contributed by atoms with Gasteiger partial charge < -0.3 is 62.3 Å². The largest absolute Gasteiger partial charge is 1.00 e. The smallest absolute Gasteiger partial charge is 0.748 e. The molecular formula is C53H70N9NaO14S. The van der Waals surface area contributed by atoms with E-state index in [0.717, 1.165) is 10.9 Å². The summed E-state index contributed by atoms with van der Waals surface area (Å²) in [6, 6.07) is 13.3. The van der Waals surface area contributed by atoms with Crippen LogP contribution in [-0.2, 0) is 78.2 Å². The molecule has 3 aromatic carbocycles. The molecule has 0 saturated carbocycles. The van der Waals surface area contributed by atoms with Gasteiger partial charge in [-0.1, -0.05) is 112 Å². The quantitative estimate of drug-likeness (QED) is 0.0222. The number of aromatic nitrogens is 1. The maximum Gasteiger partial charge on any atom is 1.00 e. The third-order valence-electron chi connectivity index (χ3n) is 11.9. The Morgan fingerprint density at radius 1 is 0.628 bits per heavy atom. The molecule has 1 heterocycles. The van der Waals surface area contributed by atoms with Crippen molar-refractivity contribution >= 4 is 74.4 Å². The number of hydrogen-bond donors (Lipinski definition) is 10. The molecule has 8 amide bonds. The second-order valence-corrected chi connectivity index (χ2v) is 20.9. The van der Waals surface area contributed by atoms with Crippen LogP contribution in [0, 0.1) is 0 Å². The Bertz CT molecular complexity index is 2810. The van der Waals surface area contributed by atoms with Gasteiger partial charge in [0.15, 0.2) is 0 Å². The number of carboxylic acids is 1. The molecule has 25 heteroatoms. The summed E-state index contributed by atoms with van der Waals surface area (Å²) in [4.78, 5) is 124. The van der Waals surface area contributed by atoms with Crippen LogP contribution in [0.2, 0.25) is 0 Å². The molecule has 4 aromatic rings. The van der Waals surface area contributed by atoms with Gasteiger partial charge in [-0.05, 0) is 61.9 Å². The maximum absolute atomic E-state index is 14.4. The van der Waals surface area contributed by atoms with Crippen molar-refractivity contribution in [2.24, 2.45) is 5.73 Å². The Morgan fingerprint density at radius 3 is 1.68 bits per heavy atom. The number of nitrogens with two attached hydrogens (primary N) is 1. The zero-order valence-corrected chi connectivity index (χ0v) is 47.6. The first-order valence-electron chi connectivity index (χ1n) is 25.2. The van der Waals surface area contributed by atoms with Crippen LogP contribution >= 0.6 is 0 Å². The van der Waals surface area contributed by atoms with E-state index in [1.54, 1.807) is 81.6 Å². The van der Waals surface area contributed by atoms with E-state index in [2.05, 4.69) is 42.2 Å². The van der Waals surface area contributed by atoms with Crippen molar-refractivity contribution in [2.75, 3.05) is 6.54 Å². The van der Waals surface area contributed by atoms with Gasteiger partial charge in [-0.2, -0.15) is 0 Å². The standard InChI is InChI=1S/C53H71N9O14S.Na/c1-6-8-18-38(58-49(69)41(62-52(72)76-53(3,4)5)26-33-21-23-34(24-22-33)31-77(73,74)75)47(67)56-30-44(63)57-42(27-35-29-55-37-20-14-13-17-36(35)37)50(70)59-39(19-9-7-2)48(68)61-43(28-45(64)65)51(71)60-40(46(54)66)25-32-15-11-10-12-16-32;/h10-17,20-24,29,38-43,55H,6-9,18-19,25-28,30-31H2,1-5H3,(H2,54,66)(H,56,67)(H,57,63)(H,58,69)(H,59,70)(H,60,71)(H,61,68)(H,62,72)(H,64,65)(H,73,74,75);/q;+1/p-1/t38-,39-,40-,41-,42-,43-;/m0./s1. The topological polar surface area (TPSA) is 366 Å². The molecule has 78 heavy (non-hydrogen) atoms. The fourth-order valence-electron chi connectivity index (χ4n) is 8.04. The normalized spacial score (nSPS) is 13.6. The Kier molecular flexibility index (Phi) is 26.4. The molecule has 1 aromatic heterocycles. The van der Waals surface area contributed by atoms with Gasteiger partial charge in [0.1, 0.15) is 41.9 Å². The molecule has 0 aliphatic heterocycles.